The van der Waals surface area contributed by atoms with E-state index in [-0.39, 0.29) is 17.5 Å². The molecule has 0 bridgehead atoms. The molecule has 1 aromatic carbocycles. The Kier molecular flexibility index (Phi) is 5.95. The third-order valence-corrected chi connectivity index (χ3v) is 3.09. The van der Waals surface area contributed by atoms with Crippen molar-refractivity contribution in [2.45, 2.75) is 26.3 Å². The summed E-state index contributed by atoms with van der Waals surface area (Å²) in [5, 5.41) is 11.3. The van der Waals surface area contributed by atoms with E-state index >= 15 is 0 Å². The van der Waals surface area contributed by atoms with Gasteiger partial charge in [-0.2, -0.15) is 0 Å². The van der Waals surface area contributed by atoms with Gasteiger partial charge in [-0.3, -0.25) is 4.79 Å². The first-order chi connectivity index (χ1) is 9.88. The van der Waals surface area contributed by atoms with Gasteiger partial charge in [0.05, 0.1) is 7.11 Å². The number of carbonyl (C=O) groups is 2. The minimum Gasteiger partial charge on any atom is -0.494 e. The van der Waals surface area contributed by atoms with Crippen LogP contribution in [0.1, 0.15) is 20.3 Å². The summed E-state index contributed by atoms with van der Waals surface area (Å²) in [5.41, 5.74) is 0.233. The van der Waals surface area contributed by atoms with Crippen molar-refractivity contribution in [3.8, 4) is 5.75 Å². The normalized spacial score (nSPS) is 11.6. The van der Waals surface area contributed by atoms with Crippen LogP contribution < -0.4 is 10.1 Å². The van der Waals surface area contributed by atoms with Gasteiger partial charge in [0.25, 0.3) is 0 Å². The van der Waals surface area contributed by atoms with Gasteiger partial charge in [0, 0.05) is 17.8 Å². The highest BCUT2D eigenvalue weighted by Gasteiger charge is 2.21. The van der Waals surface area contributed by atoms with Crippen LogP contribution in [-0.4, -0.2) is 41.7 Å². The monoisotopic (exact) mass is 298 g/mol. The highest BCUT2D eigenvalue weighted by Crippen LogP contribution is 2.21. The Morgan fingerprint density at radius 2 is 2.14 bits per heavy atom. The fourth-order valence-corrected chi connectivity index (χ4v) is 1.73. The van der Waals surface area contributed by atoms with Crippen molar-refractivity contribution in [3.63, 3.8) is 0 Å². The molecule has 0 aliphatic rings. The van der Waals surface area contributed by atoms with Crippen LogP contribution in [0.4, 0.5) is 14.9 Å². The number of amides is 2. The van der Waals surface area contributed by atoms with Crippen molar-refractivity contribution in [2.24, 2.45) is 0 Å². The molecule has 0 saturated carbocycles. The number of nitrogens with zero attached hydrogens (tertiary/aromatic N) is 1. The van der Waals surface area contributed by atoms with Gasteiger partial charge in [-0.1, -0.05) is 6.92 Å². The molecule has 2 amide bonds. The Hall–Kier alpha value is -2.31. The largest absolute Gasteiger partial charge is 0.494 e. The Balaban J connectivity index is 2.85. The molecule has 7 heteroatoms. The number of carbonyl (C=O) groups excluding carboxylic acids is 1. The number of benzene rings is 1. The number of carboxylic acid groups (broad SMARTS) is 1. The molecule has 1 rings (SSSR count). The quantitative estimate of drug-likeness (QED) is 0.846. The minimum atomic E-state index is -1.11. The van der Waals surface area contributed by atoms with Gasteiger partial charge in [-0.25, -0.2) is 9.18 Å². The number of ether oxygens (including phenoxy) is 1. The van der Waals surface area contributed by atoms with E-state index in [0.29, 0.717) is 6.42 Å². The van der Waals surface area contributed by atoms with Crippen molar-refractivity contribution in [1.29, 1.82) is 0 Å². The Morgan fingerprint density at radius 1 is 1.48 bits per heavy atom. The lowest BCUT2D eigenvalue weighted by atomic mass is 10.2. The fraction of sp³-hybridized carbons (Fsp3) is 0.429. The zero-order valence-corrected chi connectivity index (χ0v) is 12.2. The molecule has 21 heavy (non-hydrogen) atoms. The summed E-state index contributed by atoms with van der Waals surface area (Å²) in [7, 11) is 1.34. The maximum Gasteiger partial charge on any atom is 0.323 e. The molecule has 0 aliphatic heterocycles. The average molecular weight is 298 g/mol. The molecule has 0 heterocycles. The molecule has 1 aromatic rings. The average Bonchev–Trinajstić information content (AvgIpc) is 2.43. The molecule has 116 valence electrons. The molecule has 0 aromatic heterocycles. The van der Waals surface area contributed by atoms with E-state index in [4.69, 9.17) is 9.84 Å². The number of carboxylic acids is 1. The summed E-state index contributed by atoms with van der Waals surface area (Å²) in [6, 6.07) is 3.15. The number of hydrogen-bond acceptors (Lipinski definition) is 3. The maximum absolute atomic E-state index is 13.6. The van der Waals surface area contributed by atoms with E-state index in [2.05, 4.69) is 5.32 Å². The Labute approximate surface area is 122 Å². The van der Waals surface area contributed by atoms with E-state index in [1.807, 2.05) is 6.92 Å². The first-order valence-corrected chi connectivity index (χ1v) is 6.52. The van der Waals surface area contributed by atoms with Crippen molar-refractivity contribution in [3.05, 3.63) is 24.0 Å². The Bertz CT molecular complexity index is 522. The topological polar surface area (TPSA) is 78.9 Å². The van der Waals surface area contributed by atoms with Crippen molar-refractivity contribution < 1.29 is 23.8 Å². The maximum atomic E-state index is 13.6. The van der Waals surface area contributed by atoms with E-state index in [1.165, 1.54) is 24.1 Å². The standard InChI is InChI=1S/C14H19FN2O4/c1-4-9(2)17(8-13(18)19)14(20)16-10-5-6-12(21-3)11(15)7-10/h5-7,9H,4,8H2,1-3H3,(H,16,20)(H,18,19). The number of rotatable bonds is 6. The van der Waals surface area contributed by atoms with Crippen molar-refractivity contribution in [1.82, 2.24) is 4.90 Å². The predicted octanol–water partition coefficient (Wildman–Crippen LogP) is 2.55. The first kappa shape index (κ1) is 16.7. The number of nitrogens with one attached hydrogen (secondary N) is 1. The number of urea groups is 1. The molecule has 1 unspecified atom stereocenters. The molecule has 0 saturated heterocycles. The predicted molar refractivity (Wildman–Crippen MR) is 76.1 cm³/mol. The molecule has 0 spiro atoms. The highest BCUT2D eigenvalue weighted by atomic mass is 19.1. The number of hydrogen-bond donors (Lipinski definition) is 2. The van der Waals surface area contributed by atoms with Crippen LogP contribution >= 0.6 is 0 Å². The smallest absolute Gasteiger partial charge is 0.323 e. The van der Waals surface area contributed by atoms with Crippen LogP contribution in [0.25, 0.3) is 0 Å². The van der Waals surface area contributed by atoms with Crippen LogP contribution in [0.15, 0.2) is 18.2 Å². The van der Waals surface area contributed by atoms with Gasteiger partial charge in [-0.15, -0.1) is 0 Å². The number of methoxy groups -OCH3 is 1. The van der Waals surface area contributed by atoms with Crippen LogP contribution in [0.2, 0.25) is 0 Å². The van der Waals surface area contributed by atoms with Crippen molar-refractivity contribution in [2.75, 3.05) is 19.0 Å². The molecule has 0 radical (unpaired) electrons. The van der Waals surface area contributed by atoms with Gasteiger partial charge in [0.15, 0.2) is 11.6 Å². The van der Waals surface area contributed by atoms with E-state index < -0.39 is 24.4 Å². The lowest BCUT2D eigenvalue weighted by Gasteiger charge is -2.27. The zero-order valence-electron chi connectivity index (χ0n) is 12.2. The molecule has 0 aliphatic carbocycles. The van der Waals surface area contributed by atoms with E-state index in [0.717, 1.165) is 6.07 Å². The summed E-state index contributed by atoms with van der Waals surface area (Å²) in [5.74, 6) is -1.65. The van der Waals surface area contributed by atoms with Gasteiger partial charge >= 0.3 is 12.0 Å². The third-order valence-electron chi connectivity index (χ3n) is 3.09. The SMILES string of the molecule is CCC(C)N(CC(=O)O)C(=O)Nc1ccc(OC)c(F)c1. The summed E-state index contributed by atoms with van der Waals surface area (Å²) in [4.78, 5) is 24.1. The summed E-state index contributed by atoms with van der Waals surface area (Å²) >= 11 is 0. The number of halogens is 1. The number of anilines is 1. The van der Waals surface area contributed by atoms with E-state index in [9.17, 15) is 14.0 Å². The van der Waals surface area contributed by atoms with E-state index in [1.54, 1.807) is 6.92 Å². The molecule has 2 N–H and O–H groups in total. The van der Waals surface area contributed by atoms with Crippen LogP contribution in [-0.2, 0) is 4.79 Å². The van der Waals surface area contributed by atoms with Gasteiger partial charge in [0.2, 0.25) is 0 Å². The van der Waals surface area contributed by atoms with Gasteiger partial charge in [0.1, 0.15) is 6.54 Å². The second-order valence-corrected chi connectivity index (χ2v) is 4.56. The fourth-order valence-electron chi connectivity index (χ4n) is 1.73. The summed E-state index contributed by atoms with van der Waals surface area (Å²) < 4.78 is 18.3. The Morgan fingerprint density at radius 3 is 2.62 bits per heavy atom. The summed E-state index contributed by atoms with van der Waals surface area (Å²) in [6.07, 6.45) is 0.609. The highest BCUT2D eigenvalue weighted by molar-refractivity contribution is 5.91. The zero-order chi connectivity index (χ0) is 16.0. The lowest BCUT2D eigenvalue weighted by molar-refractivity contribution is -0.138. The lowest BCUT2D eigenvalue weighted by Crippen LogP contribution is -2.44. The van der Waals surface area contributed by atoms with Crippen LogP contribution in [0.3, 0.4) is 0 Å². The molecule has 0 fully saturated rings. The third kappa shape index (κ3) is 4.62. The van der Waals surface area contributed by atoms with Gasteiger partial charge in [-0.05, 0) is 25.5 Å². The molecular formula is C14H19FN2O4. The first-order valence-electron chi connectivity index (χ1n) is 6.52. The van der Waals surface area contributed by atoms with Gasteiger partial charge < -0.3 is 20.1 Å². The second-order valence-electron chi connectivity index (χ2n) is 4.56. The molecule has 6 nitrogen and oxygen atoms in total. The molecular weight excluding hydrogens is 279 g/mol. The minimum absolute atomic E-state index is 0.0670. The van der Waals surface area contributed by atoms with Crippen LogP contribution in [0.5, 0.6) is 5.75 Å². The second kappa shape index (κ2) is 7.47. The molecule has 1 atom stereocenters. The van der Waals surface area contributed by atoms with Crippen LogP contribution in [0, 0.1) is 5.82 Å². The summed E-state index contributed by atoms with van der Waals surface area (Å²) in [6.45, 7) is 3.18. The van der Waals surface area contributed by atoms with Crippen molar-refractivity contribution >= 4 is 17.7 Å². The number of aliphatic carboxylic acids is 1.